The number of alkyl halides is 3. The maximum Gasteiger partial charge on any atom is 0.416 e. The second-order valence-corrected chi connectivity index (χ2v) is 6.56. The number of carbonyl (C=O) groups is 1. The van der Waals surface area contributed by atoms with E-state index < -0.39 is 17.2 Å². The molecule has 0 bridgehead atoms. The Labute approximate surface area is 146 Å². The minimum atomic E-state index is -4.36. The summed E-state index contributed by atoms with van der Waals surface area (Å²) in [6.07, 6.45) is -4.36. The van der Waals surface area contributed by atoms with Crippen LogP contribution in [0.25, 0.3) is 0 Å². The molecule has 0 fully saturated rings. The lowest BCUT2D eigenvalue weighted by atomic mass is 9.96. The summed E-state index contributed by atoms with van der Waals surface area (Å²) in [4.78, 5) is 15.7. The largest absolute Gasteiger partial charge is 0.416 e. The molecule has 0 atom stereocenters. The van der Waals surface area contributed by atoms with Crippen molar-refractivity contribution < 1.29 is 18.0 Å². The molecule has 0 radical (unpaired) electrons. The summed E-state index contributed by atoms with van der Waals surface area (Å²) in [6, 6.07) is 5.12. The molecule has 1 amide bonds. The van der Waals surface area contributed by atoms with E-state index in [1.165, 1.54) is 6.07 Å². The number of amides is 1. The van der Waals surface area contributed by atoms with Crippen LogP contribution in [-0.4, -0.2) is 32.0 Å². The van der Waals surface area contributed by atoms with Gasteiger partial charge in [0, 0.05) is 32.1 Å². The number of carbonyl (C=O) groups excluding carboxylic acids is 1. The van der Waals surface area contributed by atoms with Gasteiger partial charge in [-0.1, -0.05) is 32.9 Å². The van der Waals surface area contributed by atoms with Crippen LogP contribution in [0.15, 0.2) is 29.3 Å². The van der Waals surface area contributed by atoms with Crippen LogP contribution in [0.2, 0.25) is 0 Å². The third kappa shape index (κ3) is 7.45. The summed E-state index contributed by atoms with van der Waals surface area (Å²) in [5, 5.41) is 8.73. The average Bonchev–Trinajstić information content (AvgIpc) is 2.52. The van der Waals surface area contributed by atoms with Crippen molar-refractivity contribution in [1.82, 2.24) is 16.0 Å². The van der Waals surface area contributed by atoms with Gasteiger partial charge in [0.2, 0.25) is 5.91 Å². The maximum absolute atomic E-state index is 12.7. The molecule has 140 valence electrons. The van der Waals surface area contributed by atoms with Gasteiger partial charge in [0.05, 0.1) is 5.56 Å². The number of rotatable bonds is 5. The molecule has 8 heteroatoms. The summed E-state index contributed by atoms with van der Waals surface area (Å²) in [5.41, 5.74) is -0.637. The molecule has 0 unspecified atom stereocenters. The third-order valence-electron chi connectivity index (χ3n) is 3.32. The number of hydrogen-bond acceptors (Lipinski definition) is 2. The average molecular weight is 358 g/mol. The minimum absolute atomic E-state index is 0.0544. The van der Waals surface area contributed by atoms with E-state index in [1.54, 1.807) is 13.1 Å². The van der Waals surface area contributed by atoms with Gasteiger partial charge in [0.25, 0.3) is 0 Å². The number of guanidine groups is 1. The van der Waals surface area contributed by atoms with Gasteiger partial charge < -0.3 is 16.0 Å². The van der Waals surface area contributed by atoms with Crippen LogP contribution < -0.4 is 16.0 Å². The predicted octanol–water partition coefficient (Wildman–Crippen LogP) is 2.53. The number of aliphatic imine (C=N–C) groups is 1. The van der Waals surface area contributed by atoms with Gasteiger partial charge in [0.15, 0.2) is 5.96 Å². The molecule has 0 aromatic heterocycles. The van der Waals surface area contributed by atoms with Crippen LogP contribution in [0.4, 0.5) is 13.2 Å². The molecule has 0 spiro atoms. The van der Waals surface area contributed by atoms with Crippen LogP contribution in [0, 0.1) is 5.41 Å². The first kappa shape index (κ1) is 20.8. The first-order valence-electron chi connectivity index (χ1n) is 7.93. The Balaban J connectivity index is 2.44. The molecule has 0 heterocycles. The lowest BCUT2D eigenvalue weighted by Crippen LogP contribution is -2.43. The summed E-state index contributed by atoms with van der Waals surface area (Å²) >= 11 is 0. The Kier molecular flexibility index (Phi) is 7.26. The lowest BCUT2D eigenvalue weighted by Gasteiger charge is -2.18. The Hall–Kier alpha value is -2.25. The van der Waals surface area contributed by atoms with Gasteiger partial charge in [0.1, 0.15) is 0 Å². The van der Waals surface area contributed by atoms with Crippen molar-refractivity contribution in [3.8, 4) is 0 Å². The zero-order valence-electron chi connectivity index (χ0n) is 14.9. The van der Waals surface area contributed by atoms with Gasteiger partial charge in [-0.3, -0.25) is 9.79 Å². The molecule has 3 N–H and O–H groups in total. The highest BCUT2D eigenvalue weighted by Gasteiger charge is 2.30. The van der Waals surface area contributed by atoms with Gasteiger partial charge in [-0.05, 0) is 17.7 Å². The van der Waals surface area contributed by atoms with Crippen LogP contribution in [0.1, 0.15) is 31.9 Å². The van der Waals surface area contributed by atoms with Gasteiger partial charge in [-0.2, -0.15) is 13.2 Å². The van der Waals surface area contributed by atoms with Gasteiger partial charge >= 0.3 is 6.18 Å². The van der Waals surface area contributed by atoms with E-state index in [9.17, 15) is 18.0 Å². The Morgan fingerprint density at radius 1 is 1.08 bits per heavy atom. The van der Waals surface area contributed by atoms with Crippen molar-refractivity contribution in [2.45, 2.75) is 33.5 Å². The van der Waals surface area contributed by atoms with Gasteiger partial charge in [-0.15, -0.1) is 0 Å². The second kappa shape index (κ2) is 8.73. The second-order valence-electron chi connectivity index (χ2n) is 6.56. The fourth-order valence-corrected chi connectivity index (χ4v) is 1.89. The molecular formula is C17H25F3N4O. The standard InChI is InChI=1S/C17H25F3N4O/c1-16(2,3)14(25)22-8-9-23-15(21-4)24-11-12-6-5-7-13(10-12)17(18,19)20/h5-7,10H,8-9,11H2,1-4H3,(H,22,25)(H2,21,23,24). The van der Waals surface area contributed by atoms with Crippen molar-refractivity contribution >= 4 is 11.9 Å². The van der Waals surface area contributed by atoms with Crippen molar-refractivity contribution in [1.29, 1.82) is 0 Å². The lowest BCUT2D eigenvalue weighted by molar-refractivity contribution is -0.137. The molecule has 0 aliphatic rings. The Bertz CT molecular complexity index is 607. The number of benzene rings is 1. The van der Waals surface area contributed by atoms with Crippen LogP contribution >= 0.6 is 0 Å². The molecule has 0 saturated heterocycles. The van der Waals surface area contributed by atoms with E-state index in [1.807, 2.05) is 20.8 Å². The minimum Gasteiger partial charge on any atom is -0.355 e. The van der Waals surface area contributed by atoms with Crippen molar-refractivity contribution in [3.63, 3.8) is 0 Å². The fourth-order valence-electron chi connectivity index (χ4n) is 1.89. The SMILES string of the molecule is CN=C(NCCNC(=O)C(C)(C)C)NCc1cccc(C(F)(F)F)c1. The highest BCUT2D eigenvalue weighted by Crippen LogP contribution is 2.29. The number of hydrogen-bond donors (Lipinski definition) is 3. The molecule has 1 aromatic rings. The van der Waals surface area contributed by atoms with Crippen LogP contribution in [0.3, 0.4) is 0 Å². The molecule has 0 aliphatic carbocycles. The molecular weight excluding hydrogens is 333 g/mol. The Morgan fingerprint density at radius 2 is 1.72 bits per heavy atom. The van der Waals surface area contributed by atoms with E-state index in [-0.39, 0.29) is 12.5 Å². The summed E-state index contributed by atoms with van der Waals surface area (Å²) in [7, 11) is 1.56. The maximum atomic E-state index is 12.7. The topological polar surface area (TPSA) is 65.5 Å². The first-order valence-corrected chi connectivity index (χ1v) is 7.93. The summed E-state index contributed by atoms with van der Waals surface area (Å²) in [5.74, 6) is 0.392. The van der Waals surface area contributed by atoms with E-state index >= 15 is 0 Å². The van der Waals surface area contributed by atoms with Crippen molar-refractivity contribution in [2.75, 3.05) is 20.1 Å². The molecule has 25 heavy (non-hydrogen) atoms. The highest BCUT2D eigenvalue weighted by molar-refractivity contribution is 5.81. The zero-order chi connectivity index (χ0) is 19.1. The molecule has 1 aromatic carbocycles. The molecule has 5 nitrogen and oxygen atoms in total. The first-order chi connectivity index (χ1) is 11.5. The molecule has 0 aliphatic heterocycles. The van der Waals surface area contributed by atoms with E-state index in [2.05, 4.69) is 20.9 Å². The van der Waals surface area contributed by atoms with Crippen molar-refractivity contribution in [2.24, 2.45) is 10.4 Å². The van der Waals surface area contributed by atoms with E-state index in [0.717, 1.165) is 12.1 Å². The number of nitrogens with one attached hydrogen (secondary N) is 3. The van der Waals surface area contributed by atoms with Gasteiger partial charge in [-0.25, -0.2) is 0 Å². The molecule has 1 rings (SSSR count). The summed E-state index contributed by atoms with van der Waals surface area (Å²) < 4.78 is 38.1. The van der Waals surface area contributed by atoms with Crippen molar-refractivity contribution in [3.05, 3.63) is 35.4 Å². The normalized spacial score (nSPS) is 12.7. The number of halogens is 3. The fraction of sp³-hybridized carbons (Fsp3) is 0.529. The van der Waals surface area contributed by atoms with E-state index in [4.69, 9.17) is 0 Å². The smallest absolute Gasteiger partial charge is 0.355 e. The monoisotopic (exact) mass is 358 g/mol. The third-order valence-corrected chi connectivity index (χ3v) is 3.32. The quantitative estimate of drug-likeness (QED) is 0.431. The predicted molar refractivity (Wildman–Crippen MR) is 92.1 cm³/mol. The summed E-state index contributed by atoms with van der Waals surface area (Å²) in [6.45, 7) is 6.55. The highest BCUT2D eigenvalue weighted by atomic mass is 19.4. The van der Waals surface area contributed by atoms with E-state index in [0.29, 0.717) is 24.6 Å². The zero-order valence-corrected chi connectivity index (χ0v) is 14.9. The van der Waals surface area contributed by atoms with Crippen LogP contribution in [-0.2, 0) is 17.5 Å². The Morgan fingerprint density at radius 3 is 2.28 bits per heavy atom. The molecule has 0 saturated carbocycles. The van der Waals surface area contributed by atoms with Crippen LogP contribution in [0.5, 0.6) is 0 Å². The number of nitrogens with zero attached hydrogens (tertiary/aromatic N) is 1.